The molecule has 0 fully saturated rings. The molecule has 0 aromatic heterocycles. The van der Waals surface area contributed by atoms with Crippen molar-refractivity contribution in [3.63, 3.8) is 0 Å². The number of hydrogen-bond donors (Lipinski definition) is 1. The summed E-state index contributed by atoms with van der Waals surface area (Å²) in [7, 11) is 1.91. The molecule has 1 N–H and O–H groups in total. The molecule has 0 bridgehead atoms. The van der Waals surface area contributed by atoms with E-state index in [1.807, 2.05) is 20.0 Å². The van der Waals surface area contributed by atoms with Crippen LogP contribution in [-0.4, -0.2) is 20.2 Å². The summed E-state index contributed by atoms with van der Waals surface area (Å²) in [5.41, 5.74) is 1.05. The Morgan fingerprint density at radius 2 is 2.07 bits per heavy atom. The standard InChI is InChI=1S/C11H15Cl2NO/c1-3-15-11-8(4-5-14-2)6-9(12)7-10(11)13/h6-7,14H,3-5H2,1-2H3. The highest BCUT2D eigenvalue weighted by molar-refractivity contribution is 6.35. The second-order valence-electron chi connectivity index (χ2n) is 3.16. The summed E-state index contributed by atoms with van der Waals surface area (Å²) in [5.74, 6) is 0.749. The predicted molar refractivity (Wildman–Crippen MR) is 65.3 cm³/mol. The van der Waals surface area contributed by atoms with Crippen molar-refractivity contribution in [1.82, 2.24) is 5.32 Å². The minimum Gasteiger partial charge on any atom is -0.492 e. The molecule has 0 heterocycles. The molecule has 0 aliphatic heterocycles. The maximum atomic E-state index is 6.06. The third-order valence-electron chi connectivity index (χ3n) is 2.02. The lowest BCUT2D eigenvalue weighted by Gasteiger charge is -2.12. The zero-order chi connectivity index (χ0) is 11.3. The largest absolute Gasteiger partial charge is 0.492 e. The van der Waals surface area contributed by atoms with E-state index in [9.17, 15) is 0 Å². The Balaban J connectivity index is 2.97. The molecule has 0 aliphatic carbocycles. The van der Waals surface area contributed by atoms with Crippen molar-refractivity contribution in [2.75, 3.05) is 20.2 Å². The smallest absolute Gasteiger partial charge is 0.141 e. The lowest BCUT2D eigenvalue weighted by atomic mass is 10.1. The van der Waals surface area contributed by atoms with E-state index in [4.69, 9.17) is 27.9 Å². The van der Waals surface area contributed by atoms with Crippen LogP contribution in [0.4, 0.5) is 0 Å². The molecule has 2 nitrogen and oxygen atoms in total. The van der Waals surface area contributed by atoms with E-state index < -0.39 is 0 Å². The molecular weight excluding hydrogens is 233 g/mol. The lowest BCUT2D eigenvalue weighted by molar-refractivity contribution is 0.336. The van der Waals surface area contributed by atoms with Crippen molar-refractivity contribution in [2.45, 2.75) is 13.3 Å². The maximum absolute atomic E-state index is 6.06. The zero-order valence-corrected chi connectivity index (χ0v) is 10.5. The SMILES string of the molecule is CCOc1c(Cl)cc(Cl)cc1CCNC. The zero-order valence-electron chi connectivity index (χ0n) is 8.94. The Morgan fingerprint density at radius 1 is 1.33 bits per heavy atom. The van der Waals surface area contributed by atoms with Crippen molar-refractivity contribution in [2.24, 2.45) is 0 Å². The molecule has 0 aliphatic rings. The minimum absolute atomic E-state index is 0.579. The summed E-state index contributed by atoms with van der Waals surface area (Å²) in [6.45, 7) is 3.41. The second kappa shape index (κ2) is 6.21. The van der Waals surface area contributed by atoms with Gasteiger partial charge in [0.1, 0.15) is 5.75 Å². The summed E-state index contributed by atoms with van der Waals surface area (Å²) in [6.07, 6.45) is 0.853. The van der Waals surface area contributed by atoms with Gasteiger partial charge in [0.2, 0.25) is 0 Å². The van der Waals surface area contributed by atoms with Crippen LogP contribution < -0.4 is 10.1 Å². The Hall–Kier alpha value is -0.440. The minimum atomic E-state index is 0.579. The van der Waals surface area contributed by atoms with Gasteiger partial charge in [-0.15, -0.1) is 0 Å². The fourth-order valence-electron chi connectivity index (χ4n) is 1.36. The van der Waals surface area contributed by atoms with E-state index in [1.54, 1.807) is 6.07 Å². The molecule has 84 valence electrons. The Kier molecular flexibility index (Phi) is 5.23. The van der Waals surface area contributed by atoms with E-state index >= 15 is 0 Å². The second-order valence-corrected chi connectivity index (χ2v) is 4.01. The van der Waals surface area contributed by atoms with Gasteiger partial charge in [0.25, 0.3) is 0 Å². The molecular formula is C11H15Cl2NO. The van der Waals surface area contributed by atoms with Gasteiger partial charge in [-0.3, -0.25) is 0 Å². The van der Waals surface area contributed by atoms with Gasteiger partial charge in [-0.2, -0.15) is 0 Å². The predicted octanol–water partition coefficient (Wildman–Crippen LogP) is 3.15. The monoisotopic (exact) mass is 247 g/mol. The van der Waals surface area contributed by atoms with Crippen molar-refractivity contribution in [1.29, 1.82) is 0 Å². The summed E-state index contributed by atoms with van der Waals surface area (Å²) in [6, 6.07) is 3.60. The van der Waals surface area contributed by atoms with Gasteiger partial charge in [-0.25, -0.2) is 0 Å². The molecule has 0 spiro atoms. The van der Waals surface area contributed by atoms with Gasteiger partial charge in [-0.05, 0) is 44.6 Å². The number of benzene rings is 1. The van der Waals surface area contributed by atoms with Crippen molar-refractivity contribution >= 4 is 23.2 Å². The molecule has 1 aromatic carbocycles. The van der Waals surface area contributed by atoms with Crippen LogP contribution in [0, 0.1) is 0 Å². The van der Waals surface area contributed by atoms with E-state index in [1.165, 1.54) is 0 Å². The molecule has 1 aromatic rings. The van der Waals surface area contributed by atoms with Crippen LogP contribution in [0.1, 0.15) is 12.5 Å². The maximum Gasteiger partial charge on any atom is 0.141 e. The van der Waals surface area contributed by atoms with Crippen molar-refractivity contribution in [3.8, 4) is 5.75 Å². The normalized spacial score (nSPS) is 10.4. The van der Waals surface area contributed by atoms with Crippen LogP contribution in [0.25, 0.3) is 0 Å². The highest BCUT2D eigenvalue weighted by Gasteiger charge is 2.09. The fraction of sp³-hybridized carbons (Fsp3) is 0.455. The summed E-state index contributed by atoms with van der Waals surface area (Å²) >= 11 is 12.0. The molecule has 15 heavy (non-hydrogen) atoms. The van der Waals surface area contributed by atoms with Gasteiger partial charge < -0.3 is 10.1 Å². The van der Waals surface area contributed by atoms with Gasteiger partial charge >= 0.3 is 0 Å². The number of nitrogens with one attached hydrogen (secondary N) is 1. The summed E-state index contributed by atoms with van der Waals surface area (Å²) in [4.78, 5) is 0. The number of likely N-dealkylation sites (N-methyl/N-ethyl adjacent to an activating group) is 1. The number of ether oxygens (including phenoxy) is 1. The molecule has 0 radical (unpaired) electrons. The number of halogens is 2. The van der Waals surface area contributed by atoms with Gasteiger partial charge in [0.05, 0.1) is 11.6 Å². The fourth-order valence-corrected chi connectivity index (χ4v) is 1.96. The van der Waals surface area contributed by atoms with Gasteiger partial charge in [0, 0.05) is 5.02 Å². The molecule has 0 unspecified atom stereocenters. The summed E-state index contributed by atoms with van der Waals surface area (Å²) < 4.78 is 5.50. The highest BCUT2D eigenvalue weighted by Crippen LogP contribution is 2.32. The van der Waals surface area contributed by atoms with Crippen LogP contribution in [0.5, 0.6) is 5.75 Å². The van der Waals surface area contributed by atoms with E-state index in [2.05, 4.69) is 5.32 Å². The summed E-state index contributed by atoms with van der Waals surface area (Å²) in [5, 5.41) is 4.31. The van der Waals surface area contributed by atoms with Crippen LogP contribution in [-0.2, 0) is 6.42 Å². The van der Waals surface area contributed by atoms with Crippen molar-refractivity contribution < 1.29 is 4.74 Å². The topological polar surface area (TPSA) is 21.3 Å². The average Bonchev–Trinajstić information content (AvgIpc) is 2.19. The lowest BCUT2D eigenvalue weighted by Crippen LogP contribution is -2.11. The van der Waals surface area contributed by atoms with Crippen LogP contribution in [0.15, 0.2) is 12.1 Å². The Bertz CT molecular complexity index is 329. The quantitative estimate of drug-likeness (QED) is 0.864. The van der Waals surface area contributed by atoms with Crippen LogP contribution in [0.2, 0.25) is 10.0 Å². The van der Waals surface area contributed by atoms with Gasteiger partial charge in [-0.1, -0.05) is 23.2 Å². The van der Waals surface area contributed by atoms with E-state index in [0.717, 1.165) is 24.3 Å². The third-order valence-corrected chi connectivity index (χ3v) is 2.52. The first-order chi connectivity index (χ1) is 7.19. The van der Waals surface area contributed by atoms with Crippen LogP contribution in [0.3, 0.4) is 0 Å². The first-order valence-electron chi connectivity index (χ1n) is 4.94. The first kappa shape index (κ1) is 12.6. The number of hydrogen-bond acceptors (Lipinski definition) is 2. The molecule has 0 saturated heterocycles. The number of rotatable bonds is 5. The average molecular weight is 248 g/mol. The van der Waals surface area contributed by atoms with E-state index in [-0.39, 0.29) is 0 Å². The first-order valence-corrected chi connectivity index (χ1v) is 5.70. The Morgan fingerprint density at radius 3 is 2.67 bits per heavy atom. The van der Waals surface area contributed by atoms with Gasteiger partial charge in [0.15, 0.2) is 0 Å². The molecule has 0 amide bonds. The van der Waals surface area contributed by atoms with Crippen LogP contribution >= 0.6 is 23.2 Å². The molecule has 4 heteroatoms. The molecule has 1 rings (SSSR count). The molecule has 0 saturated carbocycles. The molecule has 0 atom stereocenters. The highest BCUT2D eigenvalue weighted by atomic mass is 35.5. The Labute approximate surface area is 101 Å². The van der Waals surface area contributed by atoms with Crippen molar-refractivity contribution in [3.05, 3.63) is 27.7 Å². The van der Waals surface area contributed by atoms with E-state index in [0.29, 0.717) is 16.7 Å². The third kappa shape index (κ3) is 3.56.